The molecular formula is C14H16N2O2. The van der Waals surface area contributed by atoms with Crippen LogP contribution >= 0.6 is 0 Å². The van der Waals surface area contributed by atoms with Crippen LogP contribution in [0.2, 0.25) is 0 Å². The summed E-state index contributed by atoms with van der Waals surface area (Å²) in [5.41, 5.74) is 7.34. The third kappa shape index (κ3) is 1.26. The number of amides is 2. The molecule has 3 rings (SSSR count). The fraction of sp³-hybridized carbons (Fsp3) is 0.429. The molecule has 1 heterocycles. The lowest BCUT2D eigenvalue weighted by molar-refractivity contribution is -0.133. The average Bonchev–Trinajstić information content (AvgIpc) is 3.08. The van der Waals surface area contributed by atoms with Gasteiger partial charge in [0, 0.05) is 17.3 Å². The molecule has 1 fully saturated rings. The van der Waals surface area contributed by atoms with Crippen LogP contribution in [0.25, 0.3) is 0 Å². The van der Waals surface area contributed by atoms with Crippen molar-refractivity contribution in [3.8, 4) is 0 Å². The van der Waals surface area contributed by atoms with Gasteiger partial charge in [-0.2, -0.15) is 0 Å². The Morgan fingerprint density at radius 2 is 1.94 bits per heavy atom. The molecular weight excluding hydrogens is 228 g/mol. The molecule has 0 unspecified atom stereocenters. The Balaban J connectivity index is 2.22. The third-order valence-electron chi connectivity index (χ3n) is 3.90. The van der Waals surface area contributed by atoms with Crippen molar-refractivity contribution in [1.82, 2.24) is 4.90 Å². The first-order valence-corrected chi connectivity index (χ1v) is 6.25. The fourth-order valence-corrected chi connectivity index (χ4v) is 2.80. The van der Waals surface area contributed by atoms with Crippen LogP contribution < -0.4 is 5.73 Å². The maximum absolute atomic E-state index is 12.5. The van der Waals surface area contributed by atoms with Crippen molar-refractivity contribution in [2.24, 2.45) is 0 Å². The quantitative estimate of drug-likeness (QED) is 0.604. The lowest BCUT2D eigenvalue weighted by atomic mass is 9.85. The maximum atomic E-state index is 12.5. The molecule has 2 amide bonds. The highest BCUT2D eigenvalue weighted by Gasteiger charge is 2.58. The van der Waals surface area contributed by atoms with Crippen LogP contribution in [0.3, 0.4) is 0 Å². The Hall–Kier alpha value is -1.84. The molecule has 2 N–H and O–H groups in total. The topological polar surface area (TPSA) is 63.4 Å². The van der Waals surface area contributed by atoms with E-state index in [1.165, 1.54) is 4.90 Å². The molecule has 1 saturated carbocycles. The van der Waals surface area contributed by atoms with Crippen molar-refractivity contribution in [1.29, 1.82) is 0 Å². The number of imide groups is 1. The van der Waals surface area contributed by atoms with Gasteiger partial charge in [0.1, 0.15) is 0 Å². The van der Waals surface area contributed by atoms with Gasteiger partial charge >= 0.3 is 0 Å². The number of nitrogens with zero attached hydrogens (tertiary/aromatic N) is 1. The second-order valence-electron chi connectivity index (χ2n) is 5.46. The van der Waals surface area contributed by atoms with Crippen LogP contribution in [0.15, 0.2) is 18.2 Å². The van der Waals surface area contributed by atoms with Crippen molar-refractivity contribution in [3.05, 3.63) is 29.3 Å². The molecule has 4 nitrogen and oxygen atoms in total. The molecule has 0 atom stereocenters. The lowest BCUT2D eigenvalue weighted by Crippen LogP contribution is -2.51. The van der Waals surface area contributed by atoms with E-state index >= 15 is 0 Å². The van der Waals surface area contributed by atoms with E-state index in [4.69, 9.17) is 5.73 Å². The van der Waals surface area contributed by atoms with Gasteiger partial charge in [0.15, 0.2) is 0 Å². The Labute approximate surface area is 106 Å². The van der Waals surface area contributed by atoms with Crippen molar-refractivity contribution in [2.45, 2.75) is 38.1 Å². The third-order valence-corrected chi connectivity index (χ3v) is 3.90. The first kappa shape index (κ1) is 11.3. The number of benzene rings is 1. The monoisotopic (exact) mass is 244 g/mol. The summed E-state index contributed by atoms with van der Waals surface area (Å²) in [4.78, 5) is 26.3. The van der Waals surface area contributed by atoms with Crippen LogP contribution in [-0.4, -0.2) is 22.8 Å². The summed E-state index contributed by atoms with van der Waals surface area (Å²) in [6.07, 6.45) is 1.67. The molecule has 94 valence electrons. The second kappa shape index (κ2) is 3.34. The highest BCUT2D eigenvalue weighted by molar-refractivity contribution is 6.14. The fourth-order valence-electron chi connectivity index (χ4n) is 2.80. The summed E-state index contributed by atoms with van der Waals surface area (Å²) in [6, 6.07) is 5.19. The molecule has 0 bridgehead atoms. The van der Waals surface area contributed by atoms with Crippen LogP contribution in [-0.2, 0) is 10.2 Å². The molecule has 0 aromatic heterocycles. The van der Waals surface area contributed by atoms with Crippen molar-refractivity contribution < 1.29 is 9.59 Å². The predicted molar refractivity (Wildman–Crippen MR) is 68.1 cm³/mol. The minimum atomic E-state index is -0.443. The number of carbonyl (C=O) groups is 2. The van der Waals surface area contributed by atoms with Crippen LogP contribution in [0.5, 0.6) is 0 Å². The molecule has 2 aliphatic rings. The number of rotatable bonds is 1. The number of fused-ring (bicyclic) bond motifs is 2. The number of nitrogens with two attached hydrogens (primary N) is 1. The van der Waals surface area contributed by atoms with E-state index in [-0.39, 0.29) is 17.9 Å². The van der Waals surface area contributed by atoms with Crippen LogP contribution in [0, 0.1) is 0 Å². The summed E-state index contributed by atoms with van der Waals surface area (Å²) in [5, 5.41) is 0. The molecule has 1 aliphatic carbocycles. The minimum absolute atomic E-state index is 0.0419. The molecule has 1 aromatic carbocycles. The number of anilines is 1. The Bertz CT molecular complexity index is 559. The summed E-state index contributed by atoms with van der Waals surface area (Å²) in [7, 11) is 0. The Morgan fingerprint density at radius 1 is 1.28 bits per heavy atom. The second-order valence-corrected chi connectivity index (χ2v) is 5.46. The highest BCUT2D eigenvalue weighted by atomic mass is 16.2. The standard InChI is InChI=1S/C14H16N2O2/c1-8(2)16-12(17)10-7-9(15)3-4-11(10)14(5-6-14)13(16)18/h3-4,7-8H,5-6,15H2,1-2H3. The van der Waals surface area contributed by atoms with Gasteiger partial charge in [-0.25, -0.2) is 0 Å². The van der Waals surface area contributed by atoms with Gasteiger partial charge in [0.2, 0.25) is 5.91 Å². The molecule has 0 radical (unpaired) electrons. The van der Waals surface area contributed by atoms with E-state index in [1.54, 1.807) is 12.1 Å². The van der Waals surface area contributed by atoms with E-state index in [0.29, 0.717) is 11.3 Å². The van der Waals surface area contributed by atoms with Gasteiger partial charge in [0.25, 0.3) is 5.91 Å². The number of hydrogen-bond acceptors (Lipinski definition) is 3. The molecule has 1 aliphatic heterocycles. The molecule has 0 saturated heterocycles. The zero-order valence-corrected chi connectivity index (χ0v) is 10.6. The highest BCUT2D eigenvalue weighted by Crippen LogP contribution is 2.53. The van der Waals surface area contributed by atoms with E-state index in [9.17, 15) is 9.59 Å². The summed E-state index contributed by atoms with van der Waals surface area (Å²) in [6.45, 7) is 3.73. The van der Waals surface area contributed by atoms with E-state index in [1.807, 2.05) is 19.9 Å². The Kier molecular flexibility index (Phi) is 2.09. The van der Waals surface area contributed by atoms with Gasteiger partial charge in [-0.1, -0.05) is 6.07 Å². The summed E-state index contributed by atoms with van der Waals surface area (Å²) < 4.78 is 0. The van der Waals surface area contributed by atoms with E-state index in [0.717, 1.165) is 18.4 Å². The minimum Gasteiger partial charge on any atom is -0.399 e. The lowest BCUT2D eigenvalue weighted by Gasteiger charge is -2.35. The van der Waals surface area contributed by atoms with Gasteiger partial charge in [-0.15, -0.1) is 0 Å². The zero-order valence-electron chi connectivity index (χ0n) is 10.6. The largest absolute Gasteiger partial charge is 0.399 e. The number of hydrogen-bond donors (Lipinski definition) is 1. The van der Waals surface area contributed by atoms with Gasteiger partial charge in [-0.05, 0) is 44.4 Å². The molecule has 1 spiro atoms. The number of carbonyl (C=O) groups excluding carboxylic acids is 2. The maximum Gasteiger partial charge on any atom is 0.261 e. The molecule has 4 heteroatoms. The van der Waals surface area contributed by atoms with Crippen LogP contribution in [0.4, 0.5) is 5.69 Å². The molecule has 18 heavy (non-hydrogen) atoms. The van der Waals surface area contributed by atoms with E-state index < -0.39 is 5.41 Å². The normalized spacial score (nSPS) is 20.5. The van der Waals surface area contributed by atoms with Crippen LogP contribution in [0.1, 0.15) is 42.6 Å². The SMILES string of the molecule is CC(C)N1C(=O)c2cc(N)ccc2C2(CC2)C1=O. The smallest absolute Gasteiger partial charge is 0.261 e. The summed E-state index contributed by atoms with van der Waals surface area (Å²) >= 11 is 0. The van der Waals surface area contributed by atoms with Gasteiger partial charge in [-0.3, -0.25) is 14.5 Å². The molecule has 1 aromatic rings. The average molecular weight is 244 g/mol. The van der Waals surface area contributed by atoms with Crippen molar-refractivity contribution >= 4 is 17.5 Å². The zero-order chi connectivity index (χ0) is 13.1. The van der Waals surface area contributed by atoms with E-state index in [2.05, 4.69) is 0 Å². The van der Waals surface area contributed by atoms with Crippen molar-refractivity contribution in [3.63, 3.8) is 0 Å². The predicted octanol–water partition coefficient (Wildman–Crippen LogP) is 1.69. The van der Waals surface area contributed by atoms with Crippen molar-refractivity contribution in [2.75, 3.05) is 5.73 Å². The van der Waals surface area contributed by atoms with Gasteiger partial charge in [0.05, 0.1) is 5.41 Å². The van der Waals surface area contributed by atoms with Gasteiger partial charge < -0.3 is 5.73 Å². The number of nitrogen functional groups attached to an aromatic ring is 1. The summed E-state index contributed by atoms with van der Waals surface area (Å²) in [5.74, 6) is -0.255. The Morgan fingerprint density at radius 3 is 2.50 bits per heavy atom. The first-order valence-electron chi connectivity index (χ1n) is 6.25. The first-order chi connectivity index (χ1) is 8.47.